The highest BCUT2D eigenvalue weighted by molar-refractivity contribution is 5.86. The third-order valence-electron chi connectivity index (χ3n) is 2.42. The first-order valence-corrected chi connectivity index (χ1v) is 5.72. The second-order valence-corrected chi connectivity index (χ2v) is 3.99. The molecule has 0 heterocycles. The Morgan fingerprint density at radius 1 is 1.33 bits per heavy atom. The van der Waals surface area contributed by atoms with Gasteiger partial charge in [-0.2, -0.15) is 0 Å². The number of hydrogen-bond acceptors (Lipinski definition) is 2. The summed E-state index contributed by atoms with van der Waals surface area (Å²) >= 11 is 0. The quantitative estimate of drug-likeness (QED) is 0.639. The Balaban J connectivity index is 4.52. The molecule has 0 aromatic rings. The molecule has 1 unspecified atom stereocenters. The van der Waals surface area contributed by atoms with Gasteiger partial charge in [-0.1, -0.05) is 26.7 Å². The van der Waals surface area contributed by atoms with Gasteiger partial charge in [-0.15, -0.1) is 0 Å². The van der Waals surface area contributed by atoms with Crippen LogP contribution in [-0.2, 0) is 4.79 Å². The van der Waals surface area contributed by atoms with Crippen molar-refractivity contribution in [1.29, 1.82) is 0 Å². The van der Waals surface area contributed by atoms with Gasteiger partial charge in [0.15, 0.2) is 0 Å². The first kappa shape index (κ1) is 14.0. The number of allylic oxidation sites excluding steroid dienone is 1. The number of rotatable bonds is 7. The summed E-state index contributed by atoms with van der Waals surface area (Å²) in [6, 6.07) is 0.353. The molecule has 3 nitrogen and oxygen atoms in total. The Labute approximate surface area is 92.6 Å². The molecule has 0 saturated heterocycles. The van der Waals surface area contributed by atoms with Gasteiger partial charge < -0.3 is 10.4 Å². The number of aliphatic carboxylic acids is 1. The van der Waals surface area contributed by atoms with Crippen molar-refractivity contribution >= 4 is 5.97 Å². The highest BCUT2D eigenvalue weighted by Crippen LogP contribution is 2.10. The Kier molecular flexibility index (Phi) is 6.84. The van der Waals surface area contributed by atoms with Crippen molar-refractivity contribution in [3.8, 4) is 0 Å². The zero-order valence-electron chi connectivity index (χ0n) is 10.3. The van der Waals surface area contributed by atoms with E-state index in [0.717, 1.165) is 31.4 Å². The average molecular weight is 213 g/mol. The Hall–Kier alpha value is -0.990. The number of hydrogen-bond donors (Lipinski definition) is 2. The van der Waals surface area contributed by atoms with Gasteiger partial charge in [0.2, 0.25) is 0 Å². The predicted molar refractivity (Wildman–Crippen MR) is 62.7 cm³/mol. The molecule has 0 aromatic carbocycles. The van der Waals surface area contributed by atoms with Crippen molar-refractivity contribution in [2.24, 2.45) is 0 Å². The molecule has 15 heavy (non-hydrogen) atoms. The van der Waals surface area contributed by atoms with Crippen LogP contribution in [0.5, 0.6) is 0 Å². The standard InChI is InChI=1S/C12H23NO2/c1-5-7-9(3)13-11(8-6-2)10(4)12(14)15/h9,13H,5-8H2,1-4H3,(H,14,15)/b11-10+. The van der Waals surface area contributed by atoms with Gasteiger partial charge in [-0.05, 0) is 26.7 Å². The molecule has 0 spiro atoms. The van der Waals surface area contributed by atoms with E-state index < -0.39 is 5.97 Å². The van der Waals surface area contributed by atoms with Crippen LogP contribution in [-0.4, -0.2) is 17.1 Å². The van der Waals surface area contributed by atoms with Gasteiger partial charge in [0.05, 0.1) is 5.57 Å². The van der Waals surface area contributed by atoms with E-state index in [1.165, 1.54) is 0 Å². The molecule has 0 aliphatic rings. The van der Waals surface area contributed by atoms with Crippen LogP contribution in [0, 0.1) is 0 Å². The molecule has 0 aliphatic heterocycles. The molecule has 0 amide bonds. The molecular formula is C12H23NO2. The van der Waals surface area contributed by atoms with Gasteiger partial charge in [-0.3, -0.25) is 0 Å². The molecule has 0 bridgehead atoms. The molecule has 3 heteroatoms. The number of carboxylic acid groups (broad SMARTS) is 1. The fraction of sp³-hybridized carbons (Fsp3) is 0.750. The summed E-state index contributed by atoms with van der Waals surface area (Å²) in [5, 5.41) is 12.2. The molecule has 0 rings (SSSR count). The zero-order chi connectivity index (χ0) is 11.8. The highest BCUT2D eigenvalue weighted by atomic mass is 16.4. The van der Waals surface area contributed by atoms with Crippen LogP contribution in [0.1, 0.15) is 53.4 Å². The Bertz CT molecular complexity index is 234. The SMILES string of the molecule is CCC/C(NC(C)CCC)=C(/C)C(=O)O. The van der Waals surface area contributed by atoms with Crippen LogP contribution in [0.3, 0.4) is 0 Å². The zero-order valence-corrected chi connectivity index (χ0v) is 10.3. The van der Waals surface area contributed by atoms with Crippen LogP contribution in [0.2, 0.25) is 0 Å². The largest absolute Gasteiger partial charge is 0.478 e. The lowest BCUT2D eigenvalue weighted by molar-refractivity contribution is -0.132. The number of nitrogens with one attached hydrogen (secondary N) is 1. The van der Waals surface area contributed by atoms with E-state index in [4.69, 9.17) is 5.11 Å². The molecule has 2 N–H and O–H groups in total. The van der Waals surface area contributed by atoms with E-state index in [2.05, 4.69) is 26.1 Å². The monoisotopic (exact) mass is 213 g/mol. The summed E-state index contributed by atoms with van der Waals surface area (Å²) in [7, 11) is 0. The first-order chi connectivity index (χ1) is 7.02. The molecule has 0 radical (unpaired) electrons. The van der Waals surface area contributed by atoms with E-state index in [1.807, 2.05) is 0 Å². The maximum absolute atomic E-state index is 10.9. The van der Waals surface area contributed by atoms with Crippen molar-refractivity contribution in [1.82, 2.24) is 5.32 Å². The summed E-state index contributed by atoms with van der Waals surface area (Å²) < 4.78 is 0. The fourth-order valence-corrected chi connectivity index (χ4v) is 1.55. The Morgan fingerprint density at radius 2 is 1.93 bits per heavy atom. The third-order valence-corrected chi connectivity index (χ3v) is 2.42. The number of carboxylic acids is 1. The van der Waals surface area contributed by atoms with Gasteiger partial charge in [0.1, 0.15) is 0 Å². The van der Waals surface area contributed by atoms with Crippen LogP contribution >= 0.6 is 0 Å². The average Bonchev–Trinajstić information content (AvgIpc) is 2.16. The van der Waals surface area contributed by atoms with Gasteiger partial charge in [0, 0.05) is 11.7 Å². The van der Waals surface area contributed by atoms with Crippen molar-refractivity contribution in [3.05, 3.63) is 11.3 Å². The lowest BCUT2D eigenvalue weighted by atomic mass is 10.1. The topological polar surface area (TPSA) is 49.3 Å². The molecule has 1 atom stereocenters. The van der Waals surface area contributed by atoms with Crippen molar-refractivity contribution in [3.63, 3.8) is 0 Å². The van der Waals surface area contributed by atoms with E-state index >= 15 is 0 Å². The summed E-state index contributed by atoms with van der Waals surface area (Å²) in [5.74, 6) is -0.824. The first-order valence-electron chi connectivity index (χ1n) is 5.72. The van der Waals surface area contributed by atoms with Crippen LogP contribution in [0.4, 0.5) is 0 Å². The summed E-state index contributed by atoms with van der Waals surface area (Å²) in [5.41, 5.74) is 1.32. The summed E-state index contributed by atoms with van der Waals surface area (Å²) in [4.78, 5) is 10.9. The minimum Gasteiger partial charge on any atom is -0.478 e. The van der Waals surface area contributed by atoms with Crippen molar-refractivity contribution < 1.29 is 9.90 Å². The van der Waals surface area contributed by atoms with Crippen LogP contribution in [0.25, 0.3) is 0 Å². The van der Waals surface area contributed by atoms with Gasteiger partial charge in [0.25, 0.3) is 0 Å². The van der Waals surface area contributed by atoms with E-state index in [1.54, 1.807) is 6.92 Å². The lowest BCUT2D eigenvalue weighted by Gasteiger charge is -2.18. The second-order valence-electron chi connectivity index (χ2n) is 3.99. The van der Waals surface area contributed by atoms with E-state index in [9.17, 15) is 4.79 Å². The predicted octanol–water partition coefficient (Wildman–Crippen LogP) is 2.92. The maximum Gasteiger partial charge on any atom is 0.333 e. The second kappa shape index (κ2) is 7.32. The molecule has 88 valence electrons. The minimum absolute atomic E-state index is 0.353. The van der Waals surface area contributed by atoms with Gasteiger partial charge in [-0.25, -0.2) is 4.79 Å². The minimum atomic E-state index is -0.824. The van der Waals surface area contributed by atoms with Crippen LogP contribution in [0.15, 0.2) is 11.3 Å². The molecule has 0 aromatic heterocycles. The lowest BCUT2D eigenvalue weighted by Crippen LogP contribution is -2.27. The summed E-state index contributed by atoms with van der Waals surface area (Å²) in [6.07, 6.45) is 3.96. The molecule has 0 fully saturated rings. The molecule has 0 aliphatic carbocycles. The van der Waals surface area contributed by atoms with Crippen molar-refractivity contribution in [2.75, 3.05) is 0 Å². The molecule has 0 saturated carbocycles. The smallest absolute Gasteiger partial charge is 0.333 e. The van der Waals surface area contributed by atoms with E-state index in [0.29, 0.717) is 11.6 Å². The van der Waals surface area contributed by atoms with Gasteiger partial charge >= 0.3 is 5.97 Å². The summed E-state index contributed by atoms with van der Waals surface area (Å²) in [6.45, 7) is 7.94. The van der Waals surface area contributed by atoms with Crippen LogP contribution < -0.4 is 5.32 Å². The highest BCUT2D eigenvalue weighted by Gasteiger charge is 2.10. The Morgan fingerprint density at radius 3 is 2.33 bits per heavy atom. The fourth-order valence-electron chi connectivity index (χ4n) is 1.55. The normalized spacial score (nSPS) is 14.4. The third kappa shape index (κ3) is 5.45. The van der Waals surface area contributed by atoms with Crippen molar-refractivity contribution in [2.45, 2.75) is 59.4 Å². The number of carbonyl (C=O) groups is 1. The van der Waals surface area contributed by atoms with E-state index in [-0.39, 0.29) is 0 Å². The molecular weight excluding hydrogens is 190 g/mol. The maximum atomic E-state index is 10.9.